The summed E-state index contributed by atoms with van der Waals surface area (Å²) in [7, 11) is 1.52. The number of aliphatic hydroxyl groups excluding tert-OH is 1. The van der Waals surface area contributed by atoms with Gasteiger partial charge in [0.1, 0.15) is 5.82 Å². The van der Waals surface area contributed by atoms with Gasteiger partial charge in [-0.2, -0.15) is 0 Å². The molecule has 0 saturated carbocycles. The van der Waals surface area contributed by atoms with Crippen molar-refractivity contribution < 1.29 is 14.2 Å². The maximum Gasteiger partial charge on any atom is 0.213 e. The summed E-state index contributed by atoms with van der Waals surface area (Å²) in [5, 5.41) is 9.88. The van der Waals surface area contributed by atoms with E-state index in [2.05, 4.69) is 14.9 Å². The van der Waals surface area contributed by atoms with Crippen molar-refractivity contribution in [1.82, 2.24) is 14.9 Å². The Morgan fingerprint density at radius 2 is 2.33 bits per heavy atom. The largest absolute Gasteiger partial charge is 0.481 e. The highest BCUT2D eigenvalue weighted by molar-refractivity contribution is 5.79. The molecule has 0 aliphatic carbocycles. The molecule has 0 radical (unpaired) electrons. The number of likely N-dealkylation sites (tertiary alicyclic amines) is 1. The predicted octanol–water partition coefficient (Wildman–Crippen LogP) is 1.13. The van der Waals surface area contributed by atoms with Crippen molar-refractivity contribution in [3.63, 3.8) is 0 Å². The smallest absolute Gasteiger partial charge is 0.213 e. The van der Waals surface area contributed by atoms with Gasteiger partial charge in [0, 0.05) is 30.6 Å². The van der Waals surface area contributed by atoms with Crippen molar-refractivity contribution >= 4 is 11.0 Å². The zero-order valence-corrected chi connectivity index (χ0v) is 13.8. The van der Waals surface area contributed by atoms with E-state index in [4.69, 9.17) is 10.5 Å². The number of ether oxygens (including phenoxy) is 1. The molecule has 0 aromatic carbocycles. The minimum atomic E-state index is -0.447. The lowest BCUT2D eigenvalue weighted by Crippen LogP contribution is -2.30. The Balaban J connectivity index is 1.94. The van der Waals surface area contributed by atoms with Crippen LogP contribution in [0.15, 0.2) is 18.3 Å². The molecule has 24 heavy (non-hydrogen) atoms. The van der Waals surface area contributed by atoms with Gasteiger partial charge in [0.05, 0.1) is 30.9 Å². The quantitative estimate of drug-likeness (QED) is 0.824. The highest BCUT2D eigenvalue weighted by Gasteiger charge is 2.27. The third kappa shape index (κ3) is 3.33. The van der Waals surface area contributed by atoms with E-state index in [1.54, 1.807) is 12.1 Å². The third-order valence-electron chi connectivity index (χ3n) is 4.70. The number of methoxy groups -OCH3 is 1. The molecule has 0 bridgehead atoms. The fraction of sp³-hybridized carbons (Fsp3) is 0.529. The average Bonchev–Trinajstić information content (AvgIpc) is 3.07. The number of nitrogens with zero attached hydrogens (tertiary/aromatic N) is 3. The normalized spacial score (nSPS) is 19.8. The summed E-state index contributed by atoms with van der Waals surface area (Å²) in [5.74, 6) is 0.0577. The Morgan fingerprint density at radius 1 is 1.50 bits per heavy atom. The summed E-state index contributed by atoms with van der Waals surface area (Å²) in [4.78, 5) is 10.7. The second-order valence-corrected chi connectivity index (χ2v) is 6.27. The first-order valence-electron chi connectivity index (χ1n) is 8.18. The maximum atomic E-state index is 14.5. The number of aliphatic hydroxyl groups is 1. The molecule has 7 heteroatoms. The molecule has 3 N–H and O–H groups in total. The average molecular weight is 334 g/mol. The summed E-state index contributed by atoms with van der Waals surface area (Å²) >= 11 is 0. The molecule has 0 amide bonds. The first kappa shape index (κ1) is 17.0. The van der Waals surface area contributed by atoms with E-state index in [0.717, 1.165) is 19.5 Å². The van der Waals surface area contributed by atoms with E-state index < -0.39 is 5.82 Å². The molecule has 1 aliphatic rings. The van der Waals surface area contributed by atoms with Crippen molar-refractivity contribution in [2.75, 3.05) is 39.9 Å². The lowest BCUT2D eigenvalue weighted by atomic mass is 9.97. The minimum Gasteiger partial charge on any atom is -0.481 e. The molecule has 0 unspecified atom stereocenters. The summed E-state index contributed by atoms with van der Waals surface area (Å²) < 4.78 is 19.7. The van der Waals surface area contributed by atoms with Crippen molar-refractivity contribution in [2.24, 2.45) is 11.7 Å². The molecule has 1 fully saturated rings. The summed E-state index contributed by atoms with van der Waals surface area (Å²) in [6.07, 6.45) is 2.24. The summed E-state index contributed by atoms with van der Waals surface area (Å²) in [6, 6.07) is 3.44. The molecule has 6 nitrogen and oxygen atoms in total. The van der Waals surface area contributed by atoms with Crippen LogP contribution in [-0.4, -0.2) is 59.9 Å². The van der Waals surface area contributed by atoms with Crippen LogP contribution >= 0.6 is 0 Å². The van der Waals surface area contributed by atoms with E-state index in [0.29, 0.717) is 41.5 Å². The van der Waals surface area contributed by atoms with Crippen molar-refractivity contribution in [3.8, 4) is 5.88 Å². The molecule has 1 saturated heterocycles. The number of hydrogen-bond acceptors (Lipinski definition) is 6. The molecule has 3 rings (SSSR count). The third-order valence-corrected chi connectivity index (χ3v) is 4.70. The van der Waals surface area contributed by atoms with Crippen LogP contribution < -0.4 is 10.5 Å². The van der Waals surface area contributed by atoms with Crippen LogP contribution in [0, 0.1) is 11.7 Å². The second-order valence-electron chi connectivity index (χ2n) is 6.27. The highest BCUT2D eigenvalue weighted by Crippen LogP contribution is 2.29. The molecule has 2 atom stereocenters. The van der Waals surface area contributed by atoms with Gasteiger partial charge in [-0.1, -0.05) is 0 Å². The van der Waals surface area contributed by atoms with Crippen LogP contribution in [-0.2, 0) is 0 Å². The summed E-state index contributed by atoms with van der Waals surface area (Å²) in [5.41, 5.74) is 7.17. The molecule has 2 aromatic heterocycles. The van der Waals surface area contributed by atoms with Gasteiger partial charge in [0.15, 0.2) is 0 Å². The minimum absolute atomic E-state index is 0.154. The van der Waals surface area contributed by atoms with E-state index >= 15 is 0 Å². The highest BCUT2D eigenvalue weighted by atomic mass is 19.1. The van der Waals surface area contributed by atoms with E-state index in [-0.39, 0.29) is 12.5 Å². The van der Waals surface area contributed by atoms with Gasteiger partial charge in [-0.3, -0.25) is 4.98 Å². The van der Waals surface area contributed by atoms with Crippen LogP contribution in [0.25, 0.3) is 11.0 Å². The van der Waals surface area contributed by atoms with E-state index in [1.165, 1.54) is 13.3 Å². The van der Waals surface area contributed by atoms with Gasteiger partial charge in [-0.05, 0) is 31.5 Å². The van der Waals surface area contributed by atoms with Crippen LogP contribution in [0.3, 0.4) is 0 Å². The van der Waals surface area contributed by atoms with E-state index in [1.807, 2.05) is 0 Å². The number of rotatable bonds is 6. The van der Waals surface area contributed by atoms with Gasteiger partial charge in [0.25, 0.3) is 0 Å². The molecule has 3 heterocycles. The second kappa shape index (κ2) is 7.38. The van der Waals surface area contributed by atoms with Crippen molar-refractivity contribution in [2.45, 2.75) is 12.3 Å². The Hall–Kier alpha value is -1.83. The zero-order valence-electron chi connectivity index (χ0n) is 13.8. The molecule has 2 aromatic rings. The maximum absolute atomic E-state index is 14.5. The number of hydrogen-bond donors (Lipinski definition) is 2. The predicted molar refractivity (Wildman–Crippen MR) is 89.5 cm³/mol. The SMILES string of the molecule is COc1ccc2ncc(F)c([C@H](CO)CN3CC[C@@H](CN)C3)c2n1. The monoisotopic (exact) mass is 334 g/mol. The Morgan fingerprint density at radius 3 is 3.00 bits per heavy atom. The topological polar surface area (TPSA) is 84.5 Å². The van der Waals surface area contributed by atoms with Crippen LogP contribution in [0.4, 0.5) is 4.39 Å². The number of nitrogens with two attached hydrogens (primary N) is 1. The molecule has 0 spiro atoms. The Labute approximate surface area is 140 Å². The molecular formula is C17H23FN4O2. The standard InChI is InChI=1S/C17H23FN4O2/c1-24-15-3-2-14-17(21-15)16(13(18)7-20-14)12(10-23)9-22-5-4-11(6-19)8-22/h2-3,7,11-12,23H,4-6,8-10,19H2,1H3/t11-,12-/m0/s1. The van der Waals surface area contributed by atoms with Crippen LogP contribution in [0.5, 0.6) is 5.88 Å². The molecular weight excluding hydrogens is 311 g/mol. The Kier molecular flexibility index (Phi) is 5.23. The Bertz CT molecular complexity index is 712. The van der Waals surface area contributed by atoms with Gasteiger partial charge < -0.3 is 20.5 Å². The lowest BCUT2D eigenvalue weighted by molar-refractivity contribution is 0.215. The fourth-order valence-electron chi connectivity index (χ4n) is 3.37. The zero-order chi connectivity index (χ0) is 17.1. The molecule has 130 valence electrons. The number of fused-ring (bicyclic) bond motifs is 1. The fourth-order valence-corrected chi connectivity index (χ4v) is 3.37. The van der Waals surface area contributed by atoms with E-state index in [9.17, 15) is 9.50 Å². The van der Waals surface area contributed by atoms with Gasteiger partial charge in [-0.15, -0.1) is 0 Å². The summed E-state index contributed by atoms with van der Waals surface area (Å²) in [6.45, 7) is 2.88. The van der Waals surface area contributed by atoms with Crippen LogP contribution in [0.2, 0.25) is 0 Å². The first-order chi connectivity index (χ1) is 11.7. The number of halogens is 1. The molecule has 1 aliphatic heterocycles. The van der Waals surface area contributed by atoms with Gasteiger partial charge in [0.2, 0.25) is 5.88 Å². The first-order valence-corrected chi connectivity index (χ1v) is 8.18. The van der Waals surface area contributed by atoms with Crippen molar-refractivity contribution in [3.05, 3.63) is 29.7 Å². The number of aromatic nitrogens is 2. The van der Waals surface area contributed by atoms with Gasteiger partial charge in [-0.25, -0.2) is 9.37 Å². The lowest BCUT2D eigenvalue weighted by Gasteiger charge is -2.23. The number of pyridine rings is 2. The van der Waals surface area contributed by atoms with Crippen LogP contribution in [0.1, 0.15) is 17.9 Å². The van der Waals surface area contributed by atoms with Crippen molar-refractivity contribution in [1.29, 1.82) is 0 Å². The van der Waals surface area contributed by atoms with Gasteiger partial charge >= 0.3 is 0 Å².